The third-order valence-corrected chi connectivity index (χ3v) is 5.11. The van der Waals surface area contributed by atoms with E-state index in [1.54, 1.807) is 24.3 Å². The summed E-state index contributed by atoms with van der Waals surface area (Å²) >= 11 is 5.47. The van der Waals surface area contributed by atoms with Crippen LogP contribution in [0.3, 0.4) is 0 Å². The van der Waals surface area contributed by atoms with E-state index in [-0.39, 0.29) is 23.1 Å². The Kier molecular flexibility index (Phi) is 5.31. The first kappa shape index (κ1) is 18.5. The average Bonchev–Trinajstić information content (AvgIpc) is 2.67. The molecule has 0 unspecified atom stereocenters. The zero-order valence-electron chi connectivity index (χ0n) is 15.0. The molecular formula is C23H18ClFO3. The lowest BCUT2D eigenvalue weighted by Gasteiger charge is -2.32. The fourth-order valence-corrected chi connectivity index (χ4v) is 3.34. The second kappa shape index (κ2) is 8.03. The highest BCUT2D eigenvalue weighted by atomic mass is 35.5. The van der Waals surface area contributed by atoms with Crippen LogP contribution in [0.25, 0.3) is 11.1 Å². The predicted octanol–water partition coefficient (Wildman–Crippen LogP) is 6.21. The molecule has 1 aliphatic rings. The monoisotopic (exact) mass is 396 g/mol. The number of hydrogen-bond donors (Lipinski definition) is 0. The van der Waals surface area contributed by atoms with Gasteiger partial charge in [-0.25, -0.2) is 4.39 Å². The van der Waals surface area contributed by atoms with Crippen molar-refractivity contribution in [3.05, 3.63) is 78.6 Å². The molecule has 0 bridgehead atoms. The summed E-state index contributed by atoms with van der Waals surface area (Å²) in [5, 5.41) is -0.303. The highest BCUT2D eigenvalue weighted by molar-refractivity contribution is 6.64. The molecule has 3 aromatic rings. The maximum Gasteiger partial charge on any atom is 0.225 e. The van der Waals surface area contributed by atoms with Crippen molar-refractivity contribution in [3.8, 4) is 28.4 Å². The van der Waals surface area contributed by atoms with Gasteiger partial charge in [0, 0.05) is 11.5 Å². The van der Waals surface area contributed by atoms with Gasteiger partial charge >= 0.3 is 0 Å². The summed E-state index contributed by atoms with van der Waals surface area (Å²) < 4.78 is 26.0. The summed E-state index contributed by atoms with van der Waals surface area (Å²) in [5.41, 5.74) is 1.18. The number of carbonyl (C=O) groups is 1. The van der Waals surface area contributed by atoms with E-state index in [1.165, 1.54) is 6.07 Å². The molecule has 0 aromatic heterocycles. The van der Waals surface area contributed by atoms with Crippen molar-refractivity contribution in [2.45, 2.75) is 18.9 Å². The van der Waals surface area contributed by atoms with E-state index in [1.807, 2.05) is 42.5 Å². The average molecular weight is 397 g/mol. The van der Waals surface area contributed by atoms with Crippen molar-refractivity contribution in [3.63, 3.8) is 0 Å². The van der Waals surface area contributed by atoms with Gasteiger partial charge < -0.3 is 9.47 Å². The molecule has 28 heavy (non-hydrogen) atoms. The minimum absolute atomic E-state index is 0.00196. The van der Waals surface area contributed by atoms with Gasteiger partial charge in [-0.3, -0.25) is 4.79 Å². The molecule has 0 spiro atoms. The van der Waals surface area contributed by atoms with Crippen molar-refractivity contribution in [1.82, 2.24) is 0 Å². The van der Waals surface area contributed by atoms with E-state index in [4.69, 9.17) is 21.1 Å². The highest BCUT2D eigenvalue weighted by Crippen LogP contribution is 2.34. The van der Waals surface area contributed by atoms with E-state index in [9.17, 15) is 9.18 Å². The van der Waals surface area contributed by atoms with Crippen LogP contribution in [0.5, 0.6) is 17.2 Å². The molecule has 0 saturated heterocycles. The number of rotatable bonds is 6. The summed E-state index contributed by atoms with van der Waals surface area (Å²) in [4.78, 5) is 11.1. The molecule has 142 valence electrons. The van der Waals surface area contributed by atoms with Gasteiger partial charge in [0.2, 0.25) is 5.24 Å². The van der Waals surface area contributed by atoms with Crippen molar-refractivity contribution >= 4 is 16.8 Å². The topological polar surface area (TPSA) is 35.5 Å². The first-order valence-corrected chi connectivity index (χ1v) is 9.45. The summed E-state index contributed by atoms with van der Waals surface area (Å²) in [5.74, 6) is 1.52. The lowest BCUT2D eigenvalue weighted by Crippen LogP contribution is -2.36. The first-order chi connectivity index (χ1) is 13.6. The van der Waals surface area contributed by atoms with Crippen molar-refractivity contribution in [2.24, 2.45) is 5.92 Å². The molecular weight excluding hydrogens is 379 g/mol. The molecule has 0 aliphatic heterocycles. The van der Waals surface area contributed by atoms with Crippen LogP contribution in [-0.4, -0.2) is 11.3 Å². The van der Waals surface area contributed by atoms with Crippen molar-refractivity contribution < 1.29 is 18.7 Å². The minimum Gasteiger partial charge on any atom is -0.490 e. The summed E-state index contributed by atoms with van der Waals surface area (Å²) in [7, 11) is 0. The lowest BCUT2D eigenvalue weighted by atomic mass is 9.83. The van der Waals surface area contributed by atoms with E-state index in [0.717, 1.165) is 5.56 Å². The number of para-hydroxylation sites is 1. The second-order valence-corrected chi connectivity index (χ2v) is 7.17. The van der Waals surface area contributed by atoms with Crippen molar-refractivity contribution in [1.29, 1.82) is 0 Å². The highest BCUT2D eigenvalue weighted by Gasteiger charge is 2.35. The fraction of sp³-hybridized carbons (Fsp3) is 0.174. The Balaban J connectivity index is 1.46. The van der Waals surface area contributed by atoms with Crippen LogP contribution in [-0.2, 0) is 4.79 Å². The molecule has 1 saturated carbocycles. The molecule has 1 aliphatic carbocycles. The van der Waals surface area contributed by atoms with Gasteiger partial charge in [0.25, 0.3) is 0 Å². The molecule has 0 N–H and O–H groups in total. The Morgan fingerprint density at radius 1 is 0.893 bits per heavy atom. The molecule has 4 rings (SSSR count). The maximum absolute atomic E-state index is 14.4. The number of ether oxygens (including phenoxy) is 2. The standard InChI is InChI=1S/C23H18ClFO3/c24-23(26)16-12-20(13-16)28-18-8-6-15(7-9-18)21-14-19(10-11-22(21)25)27-17-4-2-1-3-5-17/h1-11,14,16,20H,12-13H2. The van der Waals surface area contributed by atoms with E-state index >= 15 is 0 Å². The van der Waals surface area contributed by atoms with Crippen LogP contribution >= 0.6 is 11.6 Å². The smallest absolute Gasteiger partial charge is 0.225 e. The molecule has 3 aromatic carbocycles. The van der Waals surface area contributed by atoms with Gasteiger partial charge in [-0.15, -0.1) is 0 Å². The third-order valence-electron chi connectivity index (χ3n) is 4.80. The quantitative estimate of drug-likeness (QED) is 0.465. The van der Waals surface area contributed by atoms with Gasteiger partial charge in [-0.05, 0) is 72.5 Å². The summed E-state index contributed by atoms with van der Waals surface area (Å²) in [6, 6.07) is 21.3. The predicted molar refractivity (Wildman–Crippen MR) is 106 cm³/mol. The van der Waals surface area contributed by atoms with Crippen LogP contribution in [0, 0.1) is 11.7 Å². The fourth-order valence-electron chi connectivity index (χ4n) is 3.17. The molecule has 0 radical (unpaired) electrons. The van der Waals surface area contributed by atoms with E-state index in [2.05, 4.69) is 0 Å². The summed E-state index contributed by atoms with van der Waals surface area (Å²) in [6.07, 6.45) is 1.27. The van der Waals surface area contributed by atoms with E-state index in [0.29, 0.717) is 35.7 Å². The van der Waals surface area contributed by atoms with Gasteiger partial charge in [0.15, 0.2) is 0 Å². The van der Waals surface area contributed by atoms with Gasteiger partial charge in [0.05, 0.1) is 0 Å². The number of halogens is 2. The molecule has 5 heteroatoms. The zero-order valence-corrected chi connectivity index (χ0v) is 15.7. The molecule has 3 nitrogen and oxygen atoms in total. The van der Waals surface area contributed by atoms with Crippen LogP contribution in [0.15, 0.2) is 72.8 Å². The Hall–Kier alpha value is -2.85. The Morgan fingerprint density at radius 3 is 2.25 bits per heavy atom. The normalized spacial score (nSPS) is 18.2. The Morgan fingerprint density at radius 2 is 1.57 bits per heavy atom. The van der Waals surface area contributed by atoms with E-state index < -0.39 is 0 Å². The van der Waals surface area contributed by atoms with Gasteiger partial charge in [-0.2, -0.15) is 0 Å². The van der Waals surface area contributed by atoms with Crippen LogP contribution in [0.2, 0.25) is 0 Å². The molecule has 0 amide bonds. The van der Waals surface area contributed by atoms with Crippen molar-refractivity contribution in [2.75, 3.05) is 0 Å². The second-order valence-electron chi connectivity index (χ2n) is 6.79. The Labute approximate surface area is 167 Å². The lowest BCUT2D eigenvalue weighted by molar-refractivity contribution is -0.120. The van der Waals surface area contributed by atoms with Crippen LogP contribution < -0.4 is 9.47 Å². The molecule has 0 heterocycles. The van der Waals surface area contributed by atoms with Crippen LogP contribution in [0.1, 0.15) is 12.8 Å². The van der Waals surface area contributed by atoms with Gasteiger partial charge in [0.1, 0.15) is 29.2 Å². The first-order valence-electron chi connectivity index (χ1n) is 9.07. The largest absolute Gasteiger partial charge is 0.490 e. The molecule has 1 fully saturated rings. The summed E-state index contributed by atoms with van der Waals surface area (Å²) in [6.45, 7) is 0. The Bertz CT molecular complexity index is 967. The number of benzene rings is 3. The van der Waals surface area contributed by atoms with Crippen LogP contribution in [0.4, 0.5) is 4.39 Å². The SMILES string of the molecule is O=C(Cl)C1CC(Oc2ccc(-c3cc(Oc4ccccc4)ccc3F)cc2)C1. The van der Waals surface area contributed by atoms with Gasteiger partial charge in [-0.1, -0.05) is 30.3 Å². The minimum atomic E-state index is -0.323. The number of hydrogen-bond acceptors (Lipinski definition) is 3. The zero-order chi connectivity index (χ0) is 19.5. The third kappa shape index (κ3) is 4.18. The maximum atomic E-state index is 14.4. The number of carbonyl (C=O) groups excluding carboxylic acids is 1. The molecule has 0 atom stereocenters.